The number of aromatic nitrogens is 1. The van der Waals surface area contributed by atoms with Crippen molar-refractivity contribution < 1.29 is 18.3 Å². The Labute approximate surface area is 192 Å². The van der Waals surface area contributed by atoms with Crippen molar-refractivity contribution in [3.05, 3.63) is 48.6 Å². The third-order valence-electron chi connectivity index (χ3n) is 5.69. The Morgan fingerprint density at radius 3 is 2.53 bits per heavy atom. The first kappa shape index (κ1) is 24.6. The monoisotopic (exact) mass is 460 g/mol. The Bertz CT molecular complexity index is 1000. The molecule has 1 saturated heterocycles. The highest BCUT2D eigenvalue weighted by Crippen LogP contribution is 2.34. The van der Waals surface area contributed by atoms with E-state index in [9.17, 15) is 8.42 Å². The molecule has 0 bridgehead atoms. The smallest absolute Gasteiger partial charge is 0.243 e. The fourth-order valence-corrected chi connectivity index (χ4v) is 5.34. The summed E-state index contributed by atoms with van der Waals surface area (Å²) in [6.45, 7) is 11.4. The van der Waals surface area contributed by atoms with Crippen molar-refractivity contribution in [1.82, 2.24) is 14.2 Å². The first-order chi connectivity index (χ1) is 15.4. The largest absolute Gasteiger partial charge is 0.493 e. The van der Waals surface area contributed by atoms with Crippen LogP contribution in [0.25, 0.3) is 11.1 Å². The van der Waals surface area contributed by atoms with Gasteiger partial charge in [0.15, 0.2) is 0 Å². The molecule has 175 valence electrons. The normalized spacial score (nSPS) is 15.8. The number of hydrogen-bond acceptors (Lipinski definition) is 6. The summed E-state index contributed by atoms with van der Waals surface area (Å²) >= 11 is 0. The third-order valence-corrected chi connectivity index (χ3v) is 7.58. The average Bonchev–Trinajstić information content (AvgIpc) is 2.80. The van der Waals surface area contributed by atoms with Crippen LogP contribution in [-0.2, 0) is 16.4 Å². The number of rotatable bonds is 10. The van der Waals surface area contributed by atoms with E-state index in [1.165, 1.54) is 4.31 Å². The van der Waals surface area contributed by atoms with Gasteiger partial charge in [0, 0.05) is 55.7 Å². The minimum Gasteiger partial charge on any atom is -0.493 e. The van der Waals surface area contributed by atoms with Crippen LogP contribution in [0.2, 0.25) is 0 Å². The first-order valence-electron chi connectivity index (χ1n) is 11.3. The number of benzene rings is 1. The minimum absolute atomic E-state index is 0.0788. The summed E-state index contributed by atoms with van der Waals surface area (Å²) in [4.78, 5) is 6.77. The fraction of sp³-hybridized carbons (Fsp3) is 0.500. The Morgan fingerprint density at radius 1 is 1.12 bits per heavy atom. The van der Waals surface area contributed by atoms with E-state index in [0.29, 0.717) is 45.1 Å². The second kappa shape index (κ2) is 11.2. The molecule has 1 fully saturated rings. The lowest BCUT2D eigenvalue weighted by Crippen LogP contribution is -2.49. The maximum Gasteiger partial charge on any atom is 0.243 e. The molecule has 3 rings (SSSR count). The summed E-state index contributed by atoms with van der Waals surface area (Å²) in [6, 6.07) is 7.12. The first-order valence-corrected chi connectivity index (χ1v) is 12.8. The predicted octanol–water partition coefficient (Wildman–Crippen LogP) is 2.97. The molecule has 7 nitrogen and oxygen atoms in total. The number of pyridine rings is 1. The molecular weight excluding hydrogens is 426 g/mol. The Kier molecular flexibility index (Phi) is 8.64. The fourth-order valence-electron chi connectivity index (χ4n) is 3.89. The summed E-state index contributed by atoms with van der Waals surface area (Å²) in [7, 11) is -3.64. The van der Waals surface area contributed by atoms with Gasteiger partial charge in [0.05, 0.1) is 18.1 Å². The summed E-state index contributed by atoms with van der Waals surface area (Å²) in [5.74, 6) is 0.652. The molecule has 1 aliphatic rings. The highest BCUT2D eigenvalue weighted by Gasteiger charge is 2.29. The number of nitrogens with zero attached hydrogens (tertiary/aromatic N) is 3. The van der Waals surface area contributed by atoms with Crippen molar-refractivity contribution >= 4 is 10.0 Å². The van der Waals surface area contributed by atoms with Gasteiger partial charge in [-0.2, -0.15) is 4.31 Å². The molecule has 0 unspecified atom stereocenters. The number of aryl methyl sites for hydroxylation is 1. The Balaban J connectivity index is 1.96. The van der Waals surface area contributed by atoms with Gasteiger partial charge in [0.2, 0.25) is 10.0 Å². The molecule has 0 saturated carbocycles. The molecule has 1 radical (unpaired) electrons. The van der Waals surface area contributed by atoms with Crippen molar-refractivity contribution in [2.75, 3.05) is 45.9 Å². The van der Waals surface area contributed by atoms with Crippen LogP contribution in [0.4, 0.5) is 0 Å². The summed E-state index contributed by atoms with van der Waals surface area (Å²) in [5, 5.41) is 9.12. The van der Waals surface area contributed by atoms with Crippen LogP contribution in [-0.4, -0.2) is 73.7 Å². The van der Waals surface area contributed by atoms with Gasteiger partial charge in [-0.15, -0.1) is 0 Å². The molecular formula is C24H34N3O4S. The van der Waals surface area contributed by atoms with Gasteiger partial charge in [-0.1, -0.05) is 20.3 Å². The van der Waals surface area contributed by atoms with Crippen molar-refractivity contribution in [2.24, 2.45) is 0 Å². The number of piperazine rings is 1. The molecule has 8 heteroatoms. The van der Waals surface area contributed by atoms with Gasteiger partial charge in [-0.3, -0.25) is 9.88 Å². The van der Waals surface area contributed by atoms with Crippen LogP contribution in [0.15, 0.2) is 35.4 Å². The van der Waals surface area contributed by atoms with E-state index in [1.54, 1.807) is 24.4 Å². The lowest BCUT2D eigenvalue weighted by molar-refractivity contribution is 0.151. The highest BCUT2D eigenvalue weighted by atomic mass is 32.2. The molecule has 32 heavy (non-hydrogen) atoms. The van der Waals surface area contributed by atoms with E-state index < -0.39 is 10.0 Å². The molecule has 1 aliphatic heterocycles. The van der Waals surface area contributed by atoms with Gasteiger partial charge in [0.25, 0.3) is 0 Å². The molecule has 1 aromatic heterocycles. The minimum atomic E-state index is -3.64. The highest BCUT2D eigenvalue weighted by molar-refractivity contribution is 7.89. The van der Waals surface area contributed by atoms with E-state index >= 15 is 0 Å². The zero-order chi connectivity index (χ0) is 23.1. The molecule has 1 N–H and O–H groups in total. The van der Waals surface area contributed by atoms with Gasteiger partial charge in [-0.05, 0) is 49.6 Å². The summed E-state index contributed by atoms with van der Waals surface area (Å²) < 4.78 is 34.2. The zero-order valence-corrected chi connectivity index (χ0v) is 19.9. The molecule has 0 spiro atoms. The second-order valence-electron chi connectivity index (χ2n) is 8.06. The molecule has 0 aliphatic carbocycles. The van der Waals surface area contributed by atoms with E-state index in [2.05, 4.69) is 23.7 Å². The van der Waals surface area contributed by atoms with Gasteiger partial charge in [-0.25, -0.2) is 8.42 Å². The molecule has 0 atom stereocenters. The number of hydrogen-bond donors (Lipinski definition) is 1. The van der Waals surface area contributed by atoms with Crippen LogP contribution in [0.1, 0.15) is 37.9 Å². The number of β-amino-alcohol motifs (C(OH)–C–C–N with tert-alkyl or cyclic N) is 1. The maximum absolute atomic E-state index is 13.4. The quantitative estimate of drug-likeness (QED) is 0.587. The third kappa shape index (κ3) is 5.67. The summed E-state index contributed by atoms with van der Waals surface area (Å²) in [6.07, 6.45) is 4.43. The Hall–Kier alpha value is -2.00. The lowest BCUT2D eigenvalue weighted by atomic mass is 10.0. The number of sulfonamides is 1. The zero-order valence-electron chi connectivity index (χ0n) is 19.1. The van der Waals surface area contributed by atoms with Gasteiger partial charge < -0.3 is 9.84 Å². The molecule has 2 aromatic rings. The topological polar surface area (TPSA) is 83.0 Å². The molecule has 2 heterocycles. The Morgan fingerprint density at radius 2 is 1.88 bits per heavy atom. The number of aliphatic hydroxyl groups excluding tert-OH is 1. The van der Waals surface area contributed by atoms with Crippen LogP contribution >= 0.6 is 0 Å². The lowest BCUT2D eigenvalue weighted by Gasteiger charge is -2.33. The molecule has 0 amide bonds. The molecule has 1 aromatic carbocycles. The number of ether oxygens (including phenoxy) is 1. The maximum atomic E-state index is 13.4. The average molecular weight is 461 g/mol. The van der Waals surface area contributed by atoms with Crippen LogP contribution < -0.4 is 4.74 Å². The van der Waals surface area contributed by atoms with E-state index in [-0.39, 0.29) is 11.5 Å². The van der Waals surface area contributed by atoms with Crippen molar-refractivity contribution in [3.63, 3.8) is 0 Å². The van der Waals surface area contributed by atoms with E-state index in [4.69, 9.17) is 9.84 Å². The van der Waals surface area contributed by atoms with Crippen LogP contribution in [0, 0.1) is 6.92 Å². The summed E-state index contributed by atoms with van der Waals surface area (Å²) in [5.41, 5.74) is 3.36. The van der Waals surface area contributed by atoms with Gasteiger partial charge >= 0.3 is 0 Å². The van der Waals surface area contributed by atoms with Crippen molar-refractivity contribution in [2.45, 2.75) is 38.0 Å². The van der Waals surface area contributed by atoms with Crippen LogP contribution in [0.5, 0.6) is 5.75 Å². The van der Waals surface area contributed by atoms with Crippen LogP contribution in [0.3, 0.4) is 0 Å². The SMILES string of the molecule is [CH2]c1ncc(-c2cc(S(=O)(=O)N3CCN(CCO)CC3)ccc2OCCC)cc1CCC. The van der Waals surface area contributed by atoms with E-state index in [1.807, 2.05) is 13.0 Å². The number of aliphatic hydroxyl groups is 1. The van der Waals surface area contributed by atoms with Crippen molar-refractivity contribution in [1.29, 1.82) is 0 Å². The predicted molar refractivity (Wildman–Crippen MR) is 126 cm³/mol. The standard InChI is InChI=1S/C24H34N3O4S/c1-4-6-20-16-21(18-25-19(20)3)23-17-22(7-8-24(23)31-15-5-2)32(29,30)27-11-9-26(10-12-27)13-14-28/h7-8,16-18,28H,3-6,9-15H2,1-2H3. The van der Waals surface area contributed by atoms with E-state index in [0.717, 1.165) is 41.6 Å². The second-order valence-corrected chi connectivity index (χ2v) is 9.99. The van der Waals surface area contributed by atoms with Crippen molar-refractivity contribution in [3.8, 4) is 16.9 Å². The van der Waals surface area contributed by atoms with Gasteiger partial charge in [0.1, 0.15) is 5.75 Å².